The van der Waals surface area contributed by atoms with Gasteiger partial charge in [0.05, 0.1) is 11.3 Å². The van der Waals surface area contributed by atoms with Crippen LogP contribution in [0.3, 0.4) is 0 Å². The normalized spacial score (nSPS) is 17.0. The number of aryl methyl sites for hydroxylation is 1. The number of anilines is 1. The number of rotatable bonds is 2. The molecular formula is C13H14ClN3O3S. The summed E-state index contributed by atoms with van der Waals surface area (Å²) in [5, 5.41) is 3.20. The molecule has 112 valence electrons. The van der Waals surface area contributed by atoms with Crippen LogP contribution in [0.2, 0.25) is 5.02 Å². The van der Waals surface area contributed by atoms with E-state index in [0.29, 0.717) is 10.7 Å². The highest BCUT2D eigenvalue weighted by Gasteiger charge is 2.25. The molecule has 1 aromatic carbocycles. The average molecular weight is 328 g/mol. The third-order valence-electron chi connectivity index (χ3n) is 3.01. The fourth-order valence-corrected chi connectivity index (χ4v) is 2.75. The second-order valence-electron chi connectivity index (χ2n) is 4.63. The smallest absolute Gasteiger partial charge is 0.322 e. The van der Waals surface area contributed by atoms with Crippen molar-refractivity contribution in [3.8, 4) is 0 Å². The Kier molecular flexibility index (Phi) is 4.06. The first-order valence-electron chi connectivity index (χ1n) is 6.05. The highest BCUT2D eigenvalue weighted by atomic mass is 35.5. The summed E-state index contributed by atoms with van der Waals surface area (Å²) in [6.45, 7) is 3.31. The highest BCUT2D eigenvalue weighted by Crippen LogP contribution is 2.22. The van der Waals surface area contributed by atoms with Gasteiger partial charge in [-0.15, -0.1) is 4.40 Å². The van der Waals surface area contributed by atoms with Crippen molar-refractivity contribution < 1.29 is 13.2 Å². The molecule has 1 aromatic rings. The lowest BCUT2D eigenvalue weighted by atomic mass is 10.1. The topological polar surface area (TPSA) is 78.8 Å². The van der Waals surface area contributed by atoms with Gasteiger partial charge in [0, 0.05) is 24.0 Å². The van der Waals surface area contributed by atoms with E-state index in [1.165, 1.54) is 20.2 Å². The Morgan fingerprint density at radius 1 is 1.33 bits per heavy atom. The Morgan fingerprint density at radius 2 is 2.00 bits per heavy atom. The summed E-state index contributed by atoms with van der Waals surface area (Å²) in [4.78, 5) is 12.3. The SMILES string of the molecule is CC1=NS(=O)(=O)N(C)C=C1C(=O)Nc1cc(Cl)ccc1C. The summed E-state index contributed by atoms with van der Waals surface area (Å²) in [5.74, 6) is -0.441. The Morgan fingerprint density at radius 3 is 2.67 bits per heavy atom. The van der Waals surface area contributed by atoms with E-state index in [4.69, 9.17) is 11.6 Å². The lowest BCUT2D eigenvalue weighted by Crippen LogP contribution is -2.30. The summed E-state index contributed by atoms with van der Waals surface area (Å²) in [5.41, 5.74) is 1.74. The molecule has 0 aliphatic carbocycles. The van der Waals surface area contributed by atoms with Crippen molar-refractivity contribution in [2.45, 2.75) is 13.8 Å². The van der Waals surface area contributed by atoms with Crippen LogP contribution in [-0.2, 0) is 15.0 Å². The molecule has 0 saturated carbocycles. The van der Waals surface area contributed by atoms with Crippen LogP contribution < -0.4 is 5.32 Å². The molecular weight excluding hydrogens is 314 g/mol. The lowest BCUT2D eigenvalue weighted by molar-refractivity contribution is -0.112. The zero-order chi connectivity index (χ0) is 15.8. The fourth-order valence-electron chi connectivity index (χ4n) is 1.77. The molecule has 0 radical (unpaired) electrons. The summed E-state index contributed by atoms with van der Waals surface area (Å²) in [7, 11) is -2.40. The molecule has 2 rings (SSSR count). The third-order valence-corrected chi connectivity index (χ3v) is 4.58. The first-order chi connectivity index (χ1) is 9.70. The van der Waals surface area contributed by atoms with Crippen LogP contribution in [-0.4, -0.2) is 31.4 Å². The fraction of sp³-hybridized carbons (Fsp3) is 0.231. The Bertz CT molecular complexity index is 769. The van der Waals surface area contributed by atoms with Crippen LogP contribution in [0.15, 0.2) is 34.4 Å². The number of benzene rings is 1. The van der Waals surface area contributed by atoms with E-state index in [1.54, 1.807) is 18.2 Å². The maximum atomic E-state index is 12.3. The van der Waals surface area contributed by atoms with E-state index in [2.05, 4.69) is 9.71 Å². The number of halogens is 1. The zero-order valence-corrected chi connectivity index (χ0v) is 13.3. The van der Waals surface area contributed by atoms with Gasteiger partial charge in [-0.05, 0) is 31.5 Å². The molecule has 1 N–H and O–H groups in total. The molecule has 1 heterocycles. The minimum atomic E-state index is -3.72. The molecule has 0 spiro atoms. The number of nitrogens with one attached hydrogen (secondary N) is 1. The van der Waals surface area contributed by atoms with Gasteiger partial charge in [-0.25, -0.2) is 0 Å². The first-order valence-corrected chi connectivity index (χ1v) is 7.82. The molecule has 0 bridgehead atoms. The molecule has 21 heavy (non-hydrogen) atoms. The van der Waals surface area contributed by atoms with E-state index in [-0.39, 0.29) is 11.3 Å². The van der Waals surface area contributed by atoms with E-state index >= 15 is 0 Å². The maximum Gasteiger partial charge on any atom is 0.344 e. The monoisotopic (exact) mass is 327 g/mol. The summed E-state index contributed by atoms with van der Waals surface area (Å²) in [6, 6.07) is 5.13. The Balaban J connectivity index is 2.30. The van der Waals surface area contributed by atoms with Crippen LogP contribution in [0, 0.1) is 6.92 Å². The largest absolute Gasteiger partial charge is 0.344 e. The molecule has 1 aliphatic heterocycles. The van der Waals surface area contributed by atoms with E-state index in [0.717, 1.165) is 9.87 Å². The van der Waals surface area contributed by atoms with Crippen molar-refractivity contribution >= 4 is 39.1 Å². The van der Waals surface area contributed by atoms with Crippen molar-refractivity contribution in [2.24, 2.45) is 4.40 Å². The predicted octanol–water partition coefficient (Wildman–Crippen LogP) is 2.12. The standard InChI is InChI=1S/C13H14ClN3O3S/c1-8-4-5-10(14)6-12(8)15-13(18)11-7-17(3)21(19,20)16-9(11)2/h4-7H,1-3H3,(H,15,18). The van der Waals surface area contributed by atoms with Gasteiger partial charge in [0.2, 0.25) is 0 Å². The molecule has 0 aromatic heterocycles. The summed E-state index contributed by atoms with van der Waals surface area (Å²) in [6.07, 6.45) is 1.24. The van der Waals surface area contributed by atoms with Gasteiger partial charge in [-0.3, -0.25) is 9.10 Å². The summed E-state index contributed by atoms with van der Waals surface area (Å²) >= 11 is 5.90. The van der Waals surface area contributed by atoms with Gasteiger partial charge >= 0.3 is 10.2 Å². The van der Waals surface area contributed by atoms with Gasteiger partial charge < -0.3 is 5.32 Å². The predicted molar refractivity (Wildman–Crippen MR) is 82.7 cm³/mol. The first kappa shape index (κ1) is 15.5. The van der Waals surface area contributed by atoms with Gasteiger partial charge in [0.15, 0.2) is 0 Å². The number of carbonyl (C=O) groups excluding carboxylic acids is 1. The van der Waals surface area contributed by atoms with Crippen LogP contribution >= 0.6 is 11.6 Å². The van der Waals surface area contributed by atoms with Crippen molar-refractivity contribution in [1.29, 1.82) is 0 Å². The van der Waals surface area contributed by atoms with Crippen molar-refractivity contribution in [3.05, 3.63) is 40.6 Å². The van der Waals surface area contributed by atoms with Gasteiger partial charge in [0.1, 0.15) is 0 Å². The quantitative estimate of drug-likeness (QED) is 0.903. The molecule has 6 nitrogen and oxygen atoms in total. The number of hydrogen-bond donors (Lipinski definition) is 1. The molecule has 1 amide bonds. The van der Waals surface area contributed by atoms with Gasteiger partial charge in [-0.1, -0.05) is 17.7 Å². The molecule has 0 saturated heterocycles. The minimum absolute atomic E-state index is 0.144. The van der Waals surface area contributed by atoms with Crippen LogP contribution in [0.5, 0.6) is 0 Å². The highest BCUT2D eigenvalue weighted by molar-refractivity contribution is 7.88. The molecule has 0 unspecified atom stereocenters. The number of hydrogen-bond acceptors (Lipinski definition) is 3. The second-order valence-corrected chi connectivity index (χ2v) is 6.72. The van der Waals surface area contributed by atoms with Crippen LogP contribution in [0.1, 0.15) is 12.5 Å². The van der Waals surface area contributed by atoms with E-state index in [1.807, 2.05) is 6.92 Å². The molecule has 0 fully saturated rings. The molecule has 8 heteroatoms. The molecule has 0 atom stereocenters. The zero-order valence-electron chi connectivity index (χ0n) is 11.7. The van der Waals surface area contributed by atoms with E-state index in [9.17, 15) is 13.2 Å². The Hall–Kier alpha value is -1.86. The lowest BCUT2D eigenvalue weighted by Gasteiger charge is -2.20. The van der Waals surface area contributed by atoms with Crippen LogP contribution in [0.25, 0.3) is 0 Å². The van der Waals surface area contributed by atoms with Crippen molar-refractivity contribution in [1.82, 2.24) is 4.31 Å². The van der Waals surface area contributed by atoms with Crippen molar-refractivity contribution in [2.75, 3.05) is 12.4 Å². The minimum Gasteiger partial charge on any atom is -0.322 e. The molecule has 1 aliphatic rings. The van der Waals surface area contributed by atoms with E-state index < -0.39 is 16.1 Å². The second kappa shape index (κ2) is 5.50. The Labute approximate surface area is 128 Å². The van der Waals surface area contributed by atoms with Gasteiger partial charge in [-0.2, -0.15) is 8.42 Å². The number of carbonyl (C=O) groups is 1. The van der Waals surface area contributed by atoms with Crippen molar-refractivity contribution in [3.63, 3.8) is 0 Å². The summed E-state index contributed by atoms with van der Waals surface area (Å²) < 4.78 is 27.6. The number of nitrogens with zero attached hydrogens (tertiary/aromatic N) is 2. The maximum absolute atomic E-state index is 12.3. The van der Waals surface area contributed by atoms with Crippen LogP contribution in [0.4, 0.5) is 5.69 Å². The number of amides is 1. The third kappa shape index (κ3) is 3.25. The van der Waals surface area contributed by atoms with Gasteiger partial charge in [0.25, 0.3) is 5.91 Å². The average Bonchev–Trinajstić information content (AvgIpc) is 2.37.